The van der Waals surface area contributed by atoms with Crippen LogP contribution in [0.25, 0.3) is 0 Å². The van der Waals surface area contributed by atoms with Gasteiger partial charge in [0.2, 0.25) is 0 Å². The highest BCUT2D eigenvalue weighted by Gasteiger charge is 2.23. The van der Waals surface area contributed by atoms with E-state index in [0.717, 1.165) is 11.8 Å². The first-order valence-electron chi connectivity index (χ1n) is 4.39. The van der Waals surface area contributed by atoms with Crippen LogP contribution in [0.15, 0.2) is 0 Å². The van der Waals surface area contributed by atoms with Gasteiger partial charge in [0, 0.05) is 0 Å². The molecule has 0 aliphatic carbocycles. The number of hydrogen-bond donors (Lipinski definition) is 0. The quantitative estimate of drug-likeness (QED) is 0.551. The summed E-state index contributed by atoms with van der Waals surface area (Å²) < 4.78 is 0. The predicted molar refractivity (Wildman–Crippen MR) is 48.1 cm³/mol. The molecule has 0 radical (unpaired) electrons. The Balaban J connectivity index is 3.94. The number of hydrogen-bond acceptors (Lipinski definition) is 0. The van der Waals surface area contributed by atoms with Crippen molar-refractivity contribution in [3.63, 3.8) is 0 Å². The highest BCUT2D eigenvalue weighted by molar-refractivity contribution is 4.73. The zero-order valence-corrected chi connectivity index (χ0v) is 8.36. The van der Waals surface area contributed by atoms with E-state index in [1.165, 1.54) is 6.42 Å². The molecule has 0 heteroatoms. The molecule has 0 nitrogen and oxygen atoms in total. The van der Waals surface area contributed by atoms with Gasteiger partial charge in [-0.2, -0.15) is 0 Å². The zero-order chi connectivity index (χ0) is 8.36. The molecule has 0 aromatic carbocycles. The molecular weight excluding hydrogens is 120 g/mol. The van der Waals surface area contributed by atoms with Crippen LogP contribution in [0.2, 0.25) is 0 Å². The Kier molecular flexibility index (Phi) is 3.41. The molecule has 10 heavy (non-hydrogen) atoms. The van der Waals surface area contributed by atoms with Crippen molar-refractivity contribution in [1.29, 1.82) is 0 Å². The fourth-order valence-corrected chi connectivity index (χ4v) is 1.21. The van der Waals surface area contributed by atoms with Crippen LogP contribution in [0.1, 0.15) is 48.0 Å². The van der Waals surface area contributed by atoms with Crippen LogP contribution >= 0.6 is 0 Å². The van der Waals surface area contributed by atoms with E-state index in [2.05, 4.69) is 41.5 Å². The van der Waals surface area contributed by atoms with Gasteiger partial charge in [-0.15, -0.1) is 0 Å². The van der Waals surface area contributed by atoms with E-state index in [1.54, 1.807) is 0 Å². The van der Waals surface area contributed by atoms with Gasteiger partial charge in [0.15, 0.2) is 0 Å². The van der Waals surface area contributed by atoms with Crippen molar-refractivity contribution >= 4 is 0 Å². The Morgan fingerprint density at radius 3 is 1.60 bits per heavy atom. The van der Waals surface area contributed by atoms with E-state index in [4.69, 9.17) is 0 Å². The Bertz CT molecular complexity index is 86.7. The van der Waals surface area contributed by atoms with Crippen molar-refractivity contribution in [2.24, 2.45) is 17.3 Å². The summed E-state index contributed by atoms with van der Waals surface area (Å²) in [6.45, 7) is 13.9. The average molecular weight is 142 g/mol. The van der Waals surface area contributed by atoms with E-state index in [-0.39, 0.29) is 0 Å². The third-order valence-corrected chi connectivity index (χ3v) is 2.86. The molecule has 0 aliphatic heterocycles. The van der Waals surface area contributed by atoms with E-state index in [1.807, 2.05) is 0 Å². The molecule has 0 unspecified atom stereocenters. The fourth-order valence-electron chi connectivity index (χ4n) is 1.21. The predicted octanol–water partition coefficient (Wildman–Crippen LogP) is 3.71. The lowest BCUT2D eigenvalue weighted by Crippen LogP contribution is -2.23. The molecule has 0 aliphatic rings. The Hall–Kier alpha value is 0. The second-order valence-electron chi connectivity index (χ2n) is 4.54. The van der Waals surface area contributed by atoms with Crippen LogP contribution in [0.4, 0.5) is 0 Å². The first kappa shape index (κ1) is 10.0. The number of rotatable bonds is 2. The zero-order valence-electron chi connectivity index (χ0n) is 8.36. The fraction of sp³-hybridized carbons (Fsp3) is 1.00. The van der Waals surface area contributed by atoms with Crippen LogP contribution in [0.5, 0.6) is 0 Å². The summed E-state index contributed by atoms with van der Waals surface area (Å²) in [7, 11) is 0. The van der Waals surface area contributed by atoms with E-state index < -0.39 is 0 Å². The lowest BCUT2D eigenvalue weighted by molar-refractivity contribution is 0.184. The molecule has 0 saturated heterocycles. The van der Waals surface area contributed by atoms with Gasteiger partial charge < -0.3 is 0 Å². The topological polar surface area (TPSA) is 0 Å². The highest BCUT2D eigenvalue weighted by Crippen LogP contribution is 2.32. The van der Waals surface area contributed by atoms with E-state index in [0.29, 0.717) is 5.41 Å². The standard InChI is InChI=1S/C10H22/c1-7-8(2)9(3)10(4,5)6/h8-9H,7H2,1-6H3/t8-,9-/m1/s1. The van der Waals surface area contributed by atoms with Gasteiger partial charge in [-0.25, -0.2) is 0 Å². The Morgan fingerprint density at radius 2 is 1.50 bits per heavy atom. The Labute approximate surface area is 66.0 Å². The van der Waals surface area contributed by atoms with Gasteiger partial charge in [0.25, 0.3) is 0 Å². The largest absolute Gasteiger partial charge is 0.0651 e. The molecule has 0 amide bonds. The SMILES string of the molecule is CC[C@@H](C)[C@@H](C)C(C)(C)C. The minimum Gasteiger partial charge on any atom is -0.0651 e. The summed E-state index contributed by atoms with van der Waals surface area (Å²) in [4.78, 5) is 0. The van der Waals surface area contributed by atoms with Gasteiger partial charge in [0.05, 0.1) is 0 Å². The second-order valence-corrected chi connectivity index (χ2v) is 4.54. The first-order chi connectivity index (χ1) is 4.39. The van der Waals surface area contributed by atoms with E-state index in [9.17, 15) is 0 Å². The molecule has 0 saturated carbocycles. The smallest absolute Gasteiger partial charge is 0.0354 e. The summed E-state index contributed by atoms with van der Waals surface area (Å²) in [5.74, 6) is 1.69. The molecule has 0 aromatic rings. The summed E-state index contributed by atoms with van der Waals surface area (Å²) in [5.41, 5.74) is 0.482. The molecule has 0 fully saturated rings. The third kappa shape index (κ3) is 2.72. The molecule has 0 heterocycles. The molecule has 2 atom stereocenters. The lowest BCUT2D eigenvalue weighted by atomic mass is 9.74. The van der Waals surface area contributed by atoms with Crippen molar-refractivity contribution < 1.29 is 0 Å². The van der Waals surface area contributed by atoms with Crippen LogP contribution in [0.3, 0.4) is 0 Å². The molecule has 0 aromatic heterocycles. The van der Waals surface area contributed by atoms with Crippen molar-refractivity contribution in [3.8, 4) is 0 Å². The third-order valence-electron chi connectivity index (χ3n) is 2.86. The summed E-state index contributed by atoms with van der Waals surface area (Å²) in [6.07, 6.45) is 1.30. The summed E-state index contributed by atoms with van der Waals surface area (Å²) in [6, 6.07) is 0. The van der Waals surface area contributed by atoms with Crippen molar-refractivity contribution in [2.75, 3.05) is 0 Å². The lowest BCUT2D eigenvalue weighted by Gasteiger charge is -2.31. The average Bonchev–Trinajstić information content (AvgIpc) is 1.83. The molecule has 62 valence electrons. The van der Waals surface area contributed by atoms with Crippen LogP contribution < -0.4 is 0 Å². The van der Waals surface area contributed by atoms with Crippen molar-refractivity contribution in [1.82, 2.24) is 0 Å². The minimum atomic E-state index is 0.482. The van der Waals surface area contributed by atoms with Gasteiger partial charge in [-0.1, -0.05) is 48.0 Å². The Morgan fingerprint density at radius 1 is 1.10 bits per heavy atom. The van der Waals surface area contributed by atoms with Crippen LogP contribution in [-0.2, 0) is 0 Å². The molecule has 0 bridgehead atoms. The van der Waals surface area contributed by atoms with Crippen LogP contribution in [-0.4, -0.2) is 0 Å². The van der Waals surface area contributed by atoms with E-state index >= 15 is 0 Å². The van der Waals surface area contributed by atoms with Gasteiger partial charge in [-0.05, 0) is 17.3 Å². The summed E-state index contributed by atoms with van der Waals surface area (Å²) in [5, 5.41) is 0. The van der Waals surface area contributed by atoms with Gasteiger partial charge in [0.1, 0.15) is 0 Å². The monoisotopic (exact) mass is 142 g/mol. The minimum absolute atomic E-state index is 0.482. The maximum absolute atomic E-state index is 2.36. The summed E-state index contributed by atoms with van der Waals surface area (Å²) >= 11 is 0. The molecule has 0 N–H and O–H groups in total. The maximum Gasteiger partial charge on any atom is -0.0354 e. The van der Waals surface area contributed by atoms with Gasteiger partial charge in [-0.3, -0.25) is 0 Å². The molecule has 0 rings (SSSR count). The second kappa shape index (κ2) is 3.41. The molecule has 0 spiro atoms. The first-order valence-corrected chi connectivity index (χ1v) is 4.39. The van der Waals surface area contributed by atoms with Crippen molar-refractivity contribution in [2.45, 2.75) is 48.0 Å². The normalized spacial score (nSPS) is 18.6. The maximum atomic E-state index is 2.36. The molecular formula is C10H22. The van der Waals surface area contributed by atoms with Crippen LogP contribution in [0, 0.1) is 17.3 Å². The highest BCUT2D eigenvalue weighted by atomic mass is 14.3. The van der Waals surface area contributed by atoms with Crippen molar-refractivity contribution in [3.05, 3.63) is 0 Å². The van der Waals surface area contributed by atoms with Gasteiger partial charge >= 0.3 is 0 Å².